The van der Waals surface area contributed by atoms with E-state index < -0.39 is 28.8 Å². The molecule has 1 aromatic carbocycles. The van der Waals surface area contributed by atoms with Gasteiger partial charge in [0.05, 0.1) is 12.1 Å². The molecule has 3 nitrogen and oxygen atoms in total. The molecule has 1 aliphatic heterocycles. The smallest absolute Gasteiger partial charge is 0.179 e. The summed E-state index contributed by atoms with van der Waals surface area (Å²) in [7, 11) is 1.97. The van der Waals surface area contributed by atoms with Gasteiger partial charge in [-0.3, -0.25) is 9.69 Å². The average molecular weight is 272 g/mol. The molecular formula is C13H15F3N2O. The second-order valence-electron chi connectivity index (χ2n) is 4.75. The van der Waals surface area contributed by atoms with E-state index >= 15 is 0 Å². The molecule has 0 spiro atoms. The van der Waals surface area contributed by atoms with Crippen LogP contribution in [-0.2, 0) is 0 Å². The number of hydrogen-bond acceptors (Lipinski definition) is 3. The number of carbonyl (C=O) groups is 1. The van der Waals surface area contributed by atoms with Gasteiger partial charge >= 0.3 is 0 Å². The van der Waals surface area contributed by atoms with E-state index in [1.807, 2.05) is 11.9 Å². The third-order valence-corrected chi connectivity index (χ3v) is 3.26. The third kappa shape index (κ3) is 3.33. The predicted molar refractivity (Wildman–Crippen MR) is 64.6 cm³/mol. The third-order valence-electron chi connectivity index (χ3n) is 3.26. The van der Waals surface area contributed by atoms with Gasteiger partial charge in [0.2, 0.25) is 0 Å². The van der Waals surface area contributed by atoms with Crippen LogP contribution in [0.25, 0.3) is 0 Å². The molecule has 1 aromatic rings. The molecule has 0 atom stereocenters. The van der Waals surface area contributed by atoms with Crippen LogP contribution in [0, 0.1) is 17.5 Å². The Hall–Kier alpha value is -1.40. The van der Waals surface area contributed by atoms with E-state index in [2.05, 4.69) is 4.90 Å². The van der Waals surface area contributed by atoms with Crippen molar-refractivity contribution in [1.29, 1.82) is 0 Å². The molecule has 0 amide bonds. The topological polar surface area (TPSA) is 23.6 Å². The minimum atomic E-state index is -1.33. The van der Waals surface area contributed by atoms with Crippen LogP contribution >= 0.6 is 0 Å². The summed E-state index contributed by atoms with van der Waals surface area (Å²) in [5.41, 5.74) is -0.517. The minimum absolute atomic E-state index is 0.0202. The van der Waals surface area contributed by atoms with Crippen LogP contribution in [0.3, 0.4) is 0 Å². The molecule has 0 N–H and O–H groups in total. The van der Waals surface area contributed by atoms with E-state index in [0.29, 0.717) is 19.2 Å². The molecule has 0 saturated carbocycles. The molecule has 104 valence electrons. The lowest BCUT2D eigenvalue weighted by Crippen LogP contribution is -2.46. The zero-order valence-corrected chi connectivity index (χ0v) is 10.6. The highest BCUT2D eigenvalue weighted by Gasteiger charge is 2.21. The summed E-state index contributed by atoms with van der Waals surface area (Å²) < 4.78 is 39.5. The number of carbonyl (C=O) groups excluding carboxylic acids is 1. The second-order valence-corrected chi connectivity index (χ2v) is 4.75. The summed E-state index contributed by atoms with van der Waals surface area (Å²) in [5, 5.41) is 0. The first kappa shape index (κ1) is 14.0. The van der Waals surface area contributed by atoms with Crippen LogP contribution in [0.5, 0.6) is 0 Å². The van der Waals surface area contributed by atoms with E-state index in [0.717, 1.165) is 19.2 Å². The maximum atomic E-state index is 13.5. The van der Waals surface area contributed by atoms with Crippen molar-refractivity contribution in [3.63, 3.8) is 0 Å². The first-order valence-electron chi connectivity index (χ1n) is 6.06. The number of piperazine rings is 1. The van der Waals surface area contributed by atoms with Crippen LogP contribution in [0.15, 0.2) is 12.1 Å². The van der Waals surface area contributed by atoms with Gasteiger partial charge in [0, 0.05) is 32.2 Å². The quantitative estimate of drug-likeness (QED) is 0.616. The zero-order chi connectivity index (χ0) is 14.0. The molecule has 0 aromatic heterocycles. The van der Waals surface area contributed by atoms with Crippen LogP contribution < -0.4 is 0 Å². The van der Waals surface area contributed by atoms with Crippen LogP contribution in [0.2, 0.25) is 0 Å². The van der Waals surface area contributed by atoms with Gasteiger partial charge in [0.25, 0.3) is 0 Å². The number of benzene rings is 1. The Morgan fingerprint density at radius 2 is 1.79 bits per heavy atom. The summed E-state index contributed by atoms with van der Waals surface area (Å²) in [6, 6.07) is 1.18. The van der Waals surface area contributed by atoms with Crippen molar-refractivity contribution in [2.45, 2.75) is 0 Å². The van der Waals surface area contributed by atoms with Gasteiger partial charge in [-0.1, -0.05) is 0 Å². The molecule has 1 heterocycles. The highest BCUT2D eigenvalue weighted by Crippen LogP contribution is 2.15. The van der Waals surface area contributed by atoms with Crippen molar-refractivity contribution in [3.8, 4) is 0 Å². The van der Waals surface area contributed by atoms with Crippen molar-refractivity contribution in [2.24, 2.45) is 0 Å². The first-order chi connectivity index (χ1) is 8.97. The maximum absolute atomic E-state index is 13.5. The zero-order valence-electron chi connectivity index (χ0n) is 10.6. The van der Waals surface area contributed by atoms with E-state index in [4.69, 9.17) is 0 Å². The number of ketones is 1. The predicted octanol–water partition coefficient (Wildman–Crippen LogP) is 1.53. The average Bonchev–Trinajstić information content (AvgIpc) is 2.36. The number of halogens is 3. The van der Waals surface area contributed by atoms with Gasteiger partial charge < -0.3 is 4.90 Å². The molecule has 0 aliphatic carbocycles. The highest BCUT2D eigenvalue weighted by molar-refractivity contribution is 5.97. The van der Waals surface area contributed by atoms with Crippen molar-refractivity contribution < 1.29 is 18.0 Å². The molecule has 6 heteroatoms. The number of rotatable bonds is 3. The summed E-state index contributed by atoms with van der Waals surface area (Å²) in [6.07, 6.45) is 0. The number of likely N-dealkylation sites (N-methyl/N-ethyl adjacent to an activating group) is 1. The monoisotopic (exact) mass is 272 g/mol. The van der Waals surface area contributed by atoms with E-state index in [1.165, 1.54) is 0 Å². The first-order valence-corrected chi connectivity index (χ1v) is 6.06. The highest BCUT2D eigenvalue weighted by atomic mass is 19.2. The van der Waals surface area contributed by atoms with Gasteiger partial charge in [-0.2, -0.15) is 0 Å². The Balaban J connectivity index is 2.08. The lowest BCUT2D eigenvalue weighted by atomic mass is 10.1. The Morgan fingerprint density at radius 1 is 1.16 bits per heavy atom. The SMILES string of the molecule is CN1CCN(CC(=O)c2cc(F)cc(F)c2F)CC1. The summed E-state index contributed by atoms with van der Waals surface area (Å²) in [5.74, 6) is -4.15. The van der Waals surface area contributed by atoms with Gasteiger partial charge in [-0.25, -0.2) is 13.2 Å². The van der Waals surface area contributed by atoms with Gasteiger partial charge in [-0.05, 0) is 13.1 Å². The fraction of sp³-hybridized carbons (Fsp3) is 0.462. The van der Waals surface area contributed by atoms with Gasteiger partial charge in [0.15, 0.2) is 17.4 Å². The summed E-state index contributed by atoms with van der Waals surface area (Å²) in [4.78, 5) is 15.9. The lowest BCUT2D eigenvalue weighted by molar-refractivity contribution is 0.0871. The summed E-state index contributed by atoms with van der Waals surface area (Å²) in [6.45, 7) is 2.97. The largest absolute Gasteiger partial charge is 0.304 e. The maximum Gasteiger partial charge on any atom is 0.179 e. The fourth-order valence-electron chi connectivity index (χ4n) is 2.05. The Kier molecular flexibility index (Phi) is 4.21. The van der Waals surface area contributed by atoms with Gasteiger partial charge in [-0.15, -0.1) is 0 Å². The van der Waals surface area contributed by atoms with E-state index in [9.17, 15) is 18.0 Å². The van der Waals surface area contributed by atoms with Gasteiger partial charge in [0.1, 0.15) is 5.82 Å². The lowest BCUT2D eigenvalue weighted by Gasteiger charge is -2.31. The molecule has 0 unspecified atom stereocenters. The summed E-state index contributed by atoms with van der Waals surface area (Å²) >= 11 is 0. The molecule has 2 rings (SSSR count). The Labute approximate surface area is 109 Å². The normalized spacial score (nSPS) is 17.7. The standard InChI is InChI=1S/C13H15F3N2O/c1-17-2-4-18(5-3-17)8-12(19)10-6-9(14)7-11(15)13(10)16/h6-7H,2-5,8H2,1H3. The van der Waals surface area contributed by atoms with E-state index in [1.54, 1.807) is 0 Å². The Bertz CT molecular complexity index is 485. The Morgan fingerprint density at radius 3 is 2.42 bits per heavy atom. The molecule has 0 bridgehead atoms. The molecule has 19 heavy (non-hydrogen) atoms. The van der Waals surface area contributed by atoms with E-state index in [-0.39, 0.29) is 6.54 Å². The number of hydrogen-bond donors (Lipinski definition) is 0. The second kappa shape index (κ2) is 5.71. The number of Topliss-reactive ketones (excluding diaryl/α,β-unsaturated/α-hetero) is 1. The number of nitrogens with zero attached hydrogens (tertiary/aromatic N) is 2. The molecule has 1 fully saturated rings. The molecule has 1 aliphatic rings. The van der Waals surface area contributed by atoms with Crippen LogP contribution in [0.4, 0.5) is 13.2 Å². The van der Waals surface area contributed by atoms with Crippen molar-refractivity contribution in [1.82, 2.24) is 9.80 Å². The van der Waals surface area contributed by atoms with Crippen molar-refractivity contribution >= 4 is 5.78 Å². The molecule has 1 saturated heterocycles. The van der Waals surface area contributed by atoms with Crippen molar-refractivity contribution in [3.05, 3.63) is 35.1 Å². The van der Waals surface area contributed by atoms with Crippen LogP contribution in [-0.4, -0.2) is 55.4 Å². The van der Waals surface area contributed by atoms with Crippen molar-refractivity contribution in [2.75, 3.05) is 39.8 Å². The molecule has 0 radical (unpaired) electrons. The minimum Gasteiger partial charge on any atom is -0.304 e. The molecular weight excluding hydrogens is 257 g/mol. The fourth-order valence-corrected chi connectivity index (χ4v) is 2.05. The van der Waals surface area contributed by atoms with Crippen LogP contribution in [0.1, 0.15) is 10.4 Å².